The quantitative estimate of drug-likeness (QED) is 0.704. The maximum Gasteiger partial charge on any atom is 0.231 e. The molecule has 0 amide bonds. The Balaban J connectivity index is 1.66. The van der Waals surface area contributed by atoms with Crippen molar-refractivity contribution in [3.63, 3.8) is 0 Å². The zero-order valence-corrected chi connectivity index (χ0v) is 14.3. The number of aryl methyl sites for hydroxylation is 2. The van der Waals surface area contributed by atoms with Gasteiger partial charge in [-0.15, -0.1) is 0 Å². The molecular formula is C17H18N4O4. The van der Waals surface area contributed by atoms with Crippen molar-refractivity contribution in [2.24, 2.45) is 0 Å². The molecule has 2 aromatic heterocycles. The van der Waals surface area contributed by atoms with Crippen LogP contribution in [-0.4, -0.2) is 33.7 Å². The van der Waals surface area contributed by atoms with E-state index in [4.69, 9.17) is 18.6 Å². The van der Waals surface area contributed by atoms with Crippen molar-refractivity contribution < 1.29 is 18.6 Å². The van der Waals surface area contributed by atoms with Crippen LogP contribution in [0.15, 0.2) is 22.9 Å². The van der Waals surface area contributed by atoms with Crippen molar-refractivity contribution >= 4 is 0 Å². The van der Waals surface area contributed by atoms with Crippen molar-refractivity contribution in [2.75, 3.05) is 13.9 Å². The normalized spacial score (nSPS) is 12.6. The molecule has 0 spiro atoms. The molecule has 0 radical (unpaired) electrons. The molecule has 4 rings (SSSR count). The standard InChI is InChI=1S/C17H18N4O4/c1-4-15-18-8-21(20-15)7-12-10(2)25-17(19-12)11-5-13(22-3)16-14(6-11)23-9-24-16/h5-6,8H,4,7,9H2,1-3H3. The van der Waals surface area contributed by atoms with Crippen LogP contribution in [0, 0.1) is 6.92 Å². The van der Waals surface area contributed by atoms with Crippen molar-refractivity contribution in [2.45, 2.75) is 26.8 Å². The second-order valence-electron chi connectivity index (χ2n) is 5.65. The molecule has 0 fully saturated rings. The third kappa shape index (κ3) is 2.79. The van der Waals surface area contributed by atoms with Gasteiger partial charge in [0.05, 0.1) is 13.7 Å². The van der Waals surface area contributed by atoms with Crippen molar-refractivity contribution in [1.29, 1.82) is 0 Å². The molecule has 8 nitrogen and oxygen atoms in total. The van der Waals surface area contributed by atoms with E-state index in [1.54, 1.807) is 18.1 Å². The highest BCUT2D eigenvalue weighted by Gasteiger charge is 2.23. The molecule has 130 valence electrons. The summed E-state index contributed by atoms with van der Waals surface area (Å²) in [4.78, 5) is 8.84. The zero-order chi connectivity index (χ0) is 17.4. The number of methoxy groups -OCH3 is 1. The number of nitrogens with zero attached hydrogens (tertiary/aromatic N) is 4. The maximum absolute atomic E-state index is 5.84. The van der Waals surface area contributed by atoms with Gasteiger partial charge in [0.2, 0.25) is 18.4 Å². The first kappa shape index (κ1) is 15.5. The van der Waals surface area contributed by atoms with Crippen LogP contribution in [0.1, 0.15) is 24.2 Å². The average Bonchev–Trinajstić information content (AvgIpc) is 3.34. The lowest BCUT2D eigenvalue weighted by Crippen LogP contribution is -2.02. The zero-order valence-electron chi connectivity index (χ0n) is 14.3. The summed E-state index contributed by atoms with van der Waals surface area (Å²) in [6.45, 7) is 4.58. The van der Waals surface area contributed by atoms with Gasteiger partial charge in [-0.05, 0) is 19.1 Å². The lowest BCUT2D eigenvalue weighted by Gasteiger charge is -2.06. The van der Waals surface area contributed by atoms with Crippen LogP contribution >= 0.6 is 0 Å². The molecule has 25 heavy (non-hydrogen) atoms. The van der Waals surface area contributed by atoms with Crippen molar-refractivity contribution in [1.82, 2.24) is 19.7 Å². The topological polar surface area (TPSA) is 84.4 Å². The van der Waals surface area contributed by atoms with E-state index >= 15 is 0 Å². The van der Waals surface area contributed by atoms with E-state index in [1.165, 1.54) is 0 Å². The summed E-state index contributed by atoms with van der Waals surface area (Å²) in [6.07, 6.45) is 2.50. The molecule has 1 aliphatic heterocycles. The van der Waals surface area contributed by atoms with Gasteiger partial charge in [-0.3, -0.25) is 0 Å². The maximum atomic E-state index is 5.84. The third-order valence-corrected chi connectivity index (χ3v) is 4.01. The lowest BCUT2D eigenvalue weighted by molar-refractivity contribution is 0.171. The number of benzene rings is 1. The fraction of sp³-hybridized carbons (Fsp3) is 0.353. The van der Waals surface area contributed by atoms with E-state index in [1.807, 2.05) is 26.0 Å². The summed E-state index contributed by atoms with van der Waals surface area (Å²) in [6, 6.07) is 3.66. The van der Waals surface area contributed by atoms with E-state index in [2.05, 4.69) is 15.1 Å². The molecule has 0 bridgehead atoms. The van der Waals surface area contributed by atoms with Crippen molar-refractivity contribution in [3.8, 4) is 28.7 Å². The molecule has 0 N–H and O–H groups in total. The fourth-order valence-electron chi connectivity index (χ4n) is 2.68. The summed E-state index contributed by atoms with van der Waals surface area (Å²) in [5.41, 5.74) is 1.57. The SMILES string of the molecule is CCc1ncn(Cc2nc(-c3cc(OC)c4c(c3)OCO4)oc2C)n1. The third-order valence-electron chi connectivity index (χ3n) is 4.01. The number of rotatable bonds is 5. The van der Waals surface area contributed by atoms with Crippen LogP contribution in [0.3, 0.4) is 0 Å². The molecule has 1 aromatic carbocycles. The van der Waals surface area contributed by atoms with Gasteiger partial charge in [-0.2, -0.15) is 5.10 Å². The Labute approximate surface area is 144 Å². The average molecular weight is 342 g/mol. The number of ether oxygens (including phenoxy) is 3. The first-order valence-electron chi connectivity index (χ1n) is 8.00. The molecular weight excluding hydrogens is 324 g/mol. The summed E-state index contributed by atoms with van der Waals surface area (Å²) >= 11 is 0. The fourth-order valence-corrected chi connectivity index (χ4v) is 2.68. The number of oxazole rings is 1. The minimum Gasteiger partial charge on any atom is -0.493 e. The summed E-state index contributed by atoms with van der Waals surface area (Å²) < 4.78 is 23.8. The van der Waals surface area contributed by atoms with Gasteiger partial charge < -0.3 is 18.6 Å². The Kier molecular flexibility index (Phi) is 3.79. The van der Waals surface area contributed by atoms with Crippen LogP contribution in [0.25, 0.3) is 11.5 Å². The van der Waals surface area contributed by atoms with Gasteiger partial charge in [-0.1, -0.05) is 6.92 Å². The molecule has 0 atom stereocenters. The second-order valence-corrected chi connectivity index (χ2v) is 5.65. The van der Waals surface area contributed by atoms with Gasteiger partial charge in [0.25, 0.3) is 0 Å². The van der Waals surface area contributed by atoms with Crippen LogP contribution in [-0.2, 0) is 13.0 Å². The summed E-state index contributed by atoms with van der Waals surface area (Å²) in [5, 5.41) is 4.39. The minimum absolute atomic E-state index is 0.178. The smallest absolute Gasteiger partial charge is 0.231 e. The Morgan fingerprint density at radius 3 is 2.92 bits per heavy atom. The van der Waals surface area contributed by atoms with Gasteiger partial charge in [0.15, 0.2) is 11.5 Å². The van der Waals surface area contributed by atoms with Crippen LogP contribution in [0.4, 0.5) is 0 Å². The van der Waals surface area contributed by atoms with Crippen molar-refractivity contribution in [3.05, 3.63) is 35.7 Å². The number of hydrogen-bond acceptors (Lipinski definition) is 7. The predicted molar refractivity (Wildman–Crippen MR) is 87.9 cm³/mol. The molecule has 0 unspecified atom stereocenters. The minimum atomic E-state index is 0.178. The van der Waals surface area contributed by atoms with E-state index in [0.717, 1.165) is 29.3 Å². The number of aromatic nitrogens is 4. The Bertz CT molecular complexity index is 916. The monoisotopic (exact) mass is 342 g/mol. The predicted octanol–water partition coefficient (Wildman–Crippen LogP) is 2.59. The van der Waals surface area contributed by atoms with Gasteiger partial charge in [0.1, 0.15) is 23.6 Å². The van der Waals surface area contributed by atoms with E-state index in [0.29, 0.717) is 29.7 Å². The Morgan fingerprint density at radius 1 is 1.28 bits per heavy atom. The number of fused-ring (bicyclic) bond motifs is 1. The molecule has 3 aromatic rings. The van der Waals surface area contributed by atoms with Crippen LogP contribution in [0.5, 0.6) is 17.2 Å². The molecule has 8 heteroatoms. The number of hydrogen-bond donors (Lipinski definition) is 0. The highest BCUT2D eigenvalue weighted by molar-refractivity contribution is 5.66. The highest BCUT2D eigenvalue weighted by atomic mass is 16.7. The van der Waals surface area contributed by atoms with E-state index < -0.39 is 0 Å². The first-order valence-corrected chi connectivity index (χ1v) is 8.00. The molecule has 1 aliphatic rings. The largest absolute Gasteiger partial charge is 0.493 e. The Morgan fingerprint density at radius 2 is 2.16 bits per heavy atom. The van der Waals surface area contributed by atoms with E-state index in [9.17, 15) is 0 Å². The van der Waals surface area contributed by atoms with Crippen LogP contribution in [0.2, 0.25) is 0 Å². The highest BCUT2D eigenvalue weighted by Crippen LogP contribution is 2.44. The lowest BCUT2D eigenvalue weighted by atomic mass is 10.2. The molecule has 0 aliphatic carbocycles. The van der Waals surface area contributed by atoms with Gasteiger partial charge >= 0.3 is 0 Å². The van der Waals surface area contributed by atoms with Gasteiger partial charge in [0, 0.05) is 12.0 Å². The second kappa shape index (κ2) is 6.12. The first-order chi connectivity index (χ1) is 12.2. The molecule has 0 saturated heterocycles. The van der Waals surface area contributed by atoms with Gasteiger partial charge in [-0.25, -0.2) is 14.6 Å². The molecule has 3 heterocycles. The summed E-state index contributed by atoms with van der Waals surface area (Å²) in [7, 11) is 1.59. The van der Waals surface area contributed by atoms with E-state index in [-0.39, 0.29) is 6.79 Å². The van der Waals surface area contributed by atoms with Crippen LogP contribution < -0.4 is 14.2 Å². The Hall–Kier alpha value is -3.03. The molecule has 0 saturated carbocycles. The summed E-state index contributed by atoms with van der Waals surface area (Å²) in [5.74, 6) is 3.85.